The molecule has 0 amide bonds. The van der Waals surface area contributed by atoms with Crippen LogP contribution in [0.5, 0.6) is 0 Å². The first-order valence-electron chi connectivity index (χ1n) is 7.55. The third kappa shape index (κ3) is 3.36. The predicted molar refractivity (Wildman–Crippen MR) is 82.6 cm³/mol. The maximum atomic E-state index is 4.56. The summed E-state index contributed by atoms with van der Waals surface area (Å²) in [7, 11) is 0. The minimum atomic E-state index is 0.489. The summed E-state index contributed by atoms with van der Waals surface area (Å²) in [6.45, 7) is 11.5. The predicted octanol–water partition coefficient (Wildman–Crippen LogP) is 3.30. The fourth-order valence-corrected chi connectivity index (χ4v) is 3.90. The Morgan fingerprint density at radius 1 is 1.47 bits per heavy atom. The minimum absolute atomic E-state index is 0.489. The molecule has 0 radical (unpaired) electrons. The highest BCUT2D eigenvalue weighted by Gasteiger charge is 2.34. The summed E-state index contributed by atoms with van der Waals surface area (Å²) in [5.74, 6) is 0.680. The first-order valence-corrected chi connectivity index (χ1v) is 8.43. The number of piperazine rings is 1. The second kappa shape index (κ2) is 6.82. The van der Waals surface area contributed by atoms with E-state index in [2.05, 4.69) is 48.3 Å². The third-order valence-electron chi connectivity index (χ3n) is 4.26. The van der Waals surface area contributed by atoms with Crippen molar-refractivity contribution in [1.82, 2.24) is 15.2 Å². The molecular formula is C15H27N3S. The van der Waals surface area contributed by atoms with E-state index >= 15 is 0 Å². The van der Waals surface area contributed by atoms with Crippen LogP contribution in [0.2, 0.25) is 0 Å². The van der Waals surface area contributed by atoms with Crippen molar-refractivity contribution in [2.24, 2.45) is 5.92 Å². The smallest absolute Gasteiger partial charge is 0.110 e. The van der Waals surface area contributed by atoms with Gasteiger partial charge in [0.25, 0.3) is 0 Å². The molecule has 4 heteroatoms. The molecule has 3 atom stereocenters. The highest BCUT2D eigenvalue weighted by Crippen LogP contribution is 2.31. The Hall–Kier alpha value is -0.450. The van der Waals surface area contributed by atoms with Gasteiger partial charge >= 0.3 is 0 Å². The number of thiazole rings is 1. The zero-order valence-electron chi connectivity index (χ0n) is 12.6. The van der Waals surface area contributed by atoms with Crippen LogP contribution >= 0.6 is 11.3 Å². The molecule has 1 aromatic rings. The van der Waals surface area contributed by atoms with Gasteiger partial charge in [-0.3, -0.25) is 4.90 Å². The second-order valence-corrected chi connectivity index (χ2v) is 6.74. The third-order valence-corrected chi connectivity index (χ3v) is 5.14. The van der Waals surface area contributed by atoms with Crippen molar-refractivity contribution in [1.29, 1.82) is 0 Å². The number of nitrogens with one attached hydrogen (secondary N) is 1. The lowest BCUT2D eigenvalue weighted by Gasteiger charge is -2.45. The maximum Gasteiger partial charge on any atom is 0.110 e. The Morgan fingerprint density at radius 2 is 2.26 bits per heavy atom. The van der Waals surface area contributed by atoms with E-state index in [1.165, 1.54) is 11.4 Å². The van der Waals surface area contributed by atoms with Gasteiger partial charge in [0.1, 0.15) is 5.01 Å². The average Bonchev–Trinajstić information content (AvgIpc) is 2.93. The van der Waals surface area contributed by atoms with Gasteiger partial charge in [0, 0.05) is 36.8 Å². The van der Waals surface area contributed by atoms with Crippen molar-refractivity contribution in [3.05, 3.63) is 16.6 Å². The summed E-state index contributed by atoms with van der Waals surface area (Å²) in [6.07, 6.45) is 4.29. The van der Waals surface area contributed by atoms with E-state index in [1.54, 1.807) is 11.3 Å². The van der Waals surface area contributed by atoms with Crippen LogP contribution in [0.3, 0.4) is 0 Å². The van der Waals surface area contributed by atoms with E-state index < -0.39 is 0 Å². The van der Waals surface area contributed by atoms with Gasteiger partial charge in [-0.25, -0.2) is 4.98 Å². The van der Waals surface area contributed by atoms with Gasteiger partial charge < -0.3 is 5.32 Å². The summed E-state index contributed by atoms with van der Waals surface area (Å²) in [5, 5.41) is 7.08. The monoisotopic (exact) mass is 281 g/mol. The van der Waals surface area contributed by atoms with Crippen molar-refractivity contribution in [2.45, 2.75) is 58.7 Å². The van der Waals surface area contributed by atoms with Gasteiger partial charge in [-0.05, 0) is 18.8 Å². The highest BCUT2D eigenvalue weighted by atomic mass is 32.1. The molecule has 0 aliphatic carbocycles. The Bertz CT molecular complexity index is 363. The van der Waals surface area contributed by atoms with Crippen molar-refractivity contribution in [3.8, 4) is 0 Å². The van der Waals surface area contributed by atoms with Crippen molar-refractivity contribution in [3.63, 3.8) is 0 Å². The normalized spacial score (nSPS) is 26.8. The molecule has 0 saturated carbocycles. The molecular weight excluding hydrogens is 254 g/mol. The van der Waals surface area contributed by atoms with Crippen LogP contribution < -0.4 is 5.32 Å². The van der Waals surface area contributed by atoms with Crippen molar-refractivity contribution >= 4 is 11.3 Å². The van der Waals surface area contributed by atoms with Crippen LogP contribution in [0.15, 0.2) is 11.6 Å². The minimum Gasteiger partial charge on any atom is -0.311 e. The lowest BCUT2D eigenvalue weighted by atomic mass is 9.95. The van der Waals surface area contributed by atoms with Gasteiger partial charge in [-0.2, -0.15) is 0 Å². The van der Waals surface area contributed by atoms with E-state index in [0.717, 1.165) is 19.5 Å². The largest absolute Gasteiger partial charge is 0.311 e. The molecule has 2 rings (SSSR count). The maximum absolute atomic E-state index is 4.56. The lowest BCUT2D eigenvalue weighted by molar-refractivity contribution is 0.0519. The van der Waals surface area contributed by atoms with Gasteiger partial charge in [0.05, 0.1) is 6.04 Å². The van der Waals surface area contributed by atoms with Gasteiger partial charge in [-0.15, -0.1) is 11.3 Å². The van der Waals surface area contributed by atoms with Crippen molar-refractivity contribution < 1.29 is 0 Å². The molecule has 19 heavy (non-hydrogen) atoms. The molecule has 1 aliphatic heterocycles. The molecule has 1 saturated heterocycles. The highest BCUT2D eigenvalue weighted by molar-refractivity contribution is 7.09. The van der Waals surface area contributed by atoms with E-state index in [4.69, 9.17) is 0 Å². The second-order valence-electron chi connectivity index (χ2n) is 5.82. The first kappa shape index (κ1) is 14.9. The van der Waals surface area contributed by atoms with Gasteiger partial charge in [-0.1, -0.05) is 27.7 Å². The Morgan fingerprint density at radius 3 is 2.79 bits per heavy atom. The molecule has 1 N–H and O–H groups in total. The molecule has 3 unspecified atom stereocenters. The zero-order valence-corrected chi connectivity index (χ0v) is 13.4. The zero-order chi connectivity index (χ0) is 13.8. The Kier molecular flexibility index (Phi) is 5.37. The summed E-state index contributed by atoms with van der Waals surface area (Å²) in [5.41, 5.74) is 0. The fraction of sp³-hybridized carbons (Fsp3) is 0.800. The first-order chi connectivity index (χ1) is 9.17. The Labute approximate surface area is 121 Å². The van der Waals surface area contributed by atoms with Gasteiger partial charge in [0.15, 0.2) is 0 Å². The molecule has 1 aromatic heterocycles. The van der Waals surface area contributed by atoms with Crippen LogP contribution in [0, 0.1) is 5.92 Å². The summed E-state index contributed by atoms with van der Waals surface area (Å²) < 4.78 is 0. The van der Waals surface area contributed by atoms with Crippen LogP contribution in [0.25, 0.3) is 0 Å². The molecule has 1 fully saturated rings. The van der Waals surface area contributed by atoms with E-state index in [-0.39, 0.29) is 0 Å². The lowest BCUT2D eigenvalue weighted by Crippen LogP contribution is -2.58. The summed E-state index contributed by atoms with van der Waals surface area (Å²) >= 11 is 1.80. The van der Waals surface area contributed by atoms with Crippen LogP contribution in [-0.4, -0.2) is 35.1 Å². The molecule has 0 spiro atoms. The summed E-state index contributed by atoms with van der Waals surface area (Å²) in [4.78, 5) is 7.27. The standard InChI is InChI=1S/C15H27N3S/c1-5-12-10-18(14(9-17-12)11(3)4)13(6-2)15-16-7-8-19-15/h7-8,11-14,17H,5-6,9-10H2,1-4H3. The molecule has 0 bridgehead atoms. The van der Waals surface area contributed by atoms with E-state index in [9.17, 15) is 0 Å². The van der Waals surface area contributed by atoms with Crippen molar-refractivity contribution in [2.75, 3.05) is 13.1 Å². The number of rotatable bonds is 5. The molecule has 108 valence electrons. The topological polar surface area (TPSA) is 28.2 Å². The van der Waals surface area contributed by atoms with Crippen LogP contribution in [-0.2, 0) is 0 Å². The van der Waals surface area contributed by atoms with Crippen LogP contribution in [0.1, 0.15) is 51.6 Å². The number of hydrogen-bond donors (Lipinski definition) is 1. The number of nitrogens with zero attached hydrogens (tertiary/aromatic N) is 2. The molecule has 2 heterocycles. The SMILES string of the molecule is CCC1CN(C(CC)c2nccs2)C(C(C)C)CN1. The molecule has 3 nitrogen and oxygen atoms in total. The molecule has 0 aromatic carbocycles. The molecule has 1 aliphatic rings. The summed E-state index contributed by atoms with van der Waals surface area (Å²) in [6, 6.07) is 1.74. The fourth-order valence-electron chi connectivity index (χ4n) is 3.06. The average molecular weight is 281 g/mol. The Balaban J connectivity index is 2.19. The quantitative estimate of drug-likeness (QED) is 0.897. The van der Waals surface area contributed by atoms with Crippen LogP contribution in [0.4, 0.5) is 0 Å². The van der Waals surface area contributed by atoms with Gasteiger partial charge in [0.2, 0.25) is 0 Å². The van der Waals surface area contributed by atoms with E-state index in [1.807, 2.05) is 6.20 Å². The number of hydrogen-bond acceptors (Lipinski definition) is 4. The number of aromatic nitrogens is 1. The van der Waals surface area contributed by atoms with E-state index in [0.29, 0.717) is 24.0 Å².